The maximum Gasteiger partial charge on any atom is 0.224 e. The lowest BCUT2D eigenvalue weighted by Crippen LogP contribution is -2.14. The highest BCUT2D eigenvalue weighted by molar-refractivity contribution is 5.96. The zero-order valence-electron chi connectivity index (χ0n) is 9.56. The van der Waals surface area contributed by atoms with Gasteiger partial charge in [-0.2, -0.15) is 0 Å². The van der Waals surface area contributed by atoms with Crippen molar-refractivity contribution in [1.29, 1.82) is 5.41 Å². The number of halogens is 1. The van der Waals surface area contributed by atoms with E-state index in [1.54, 1.807) is 30.3 Å². The van der Waals surface area contributed by atoms with E-state index in [1.165, 1.54) is 12.3 Å². The topological polar surface area (TPSA) is 72.0 Å². The van der Waals surface area contributed by atoms with Crippen molar-refractivity contribution in [2.45, 2.75) is 6.61 Å². The molecule has 92 valence electrons. The molecule has 0 saturated carbocycles. The van der Waals surface area contributed by atoms with Gasteiger partial charge in [-0.3, -0.25) is 5.41 Å². The van der Waals surface area contributed by atoms with Gasteiger partial charge in [-0.25, -0.2) is 9.37 Å². The van der Waals surface area contributed by atoms with Crippen molar-refractivity contribution in [3.8, 4) is 5.88 Å². The molecule has 1 aromatic heterocycles. The molecule has 0 amide bonds. The average molecular weight is 245 g/mol. The summed E-state index contributed by atoms with van der Waals surface area (Å²) in [6, 6.07) is 9.63. The first-order valence-electron chi connectivity index (χ1n) is 5.34. The molecular weight excluding hydrogens is 233 g/mol. The fourth-order valence-corrected chi connectivity index (χ4v) is 1.47. The Balaban J connectivity index is 2.16. The van der Waals surface area contributed by atoms with Crippen molar-refractivity contribution in [3.05, 3.63) is 59.5 Å². The first-order valence-corrected chi connectivity index (χ1v) is 5.34. The van der Waals surface area contributed by atoms with E-state index in [9.17, 15) is 4.39 Å². The highest BCUT2D eigenvalue weighted by atomic mass is 19.1. The van der Waals surface area contributed by atoms with Gasteiger partial charge in [0.2, 0.25) is 5.88 Å². The van der Waals surface area contributed by atoms with Gasteiger partial charge < -0.3 is 10.5 Å². The number of ether oxygens (including phenoxy) is 1. The number of nitrogens with zero attached hydrogens (tertiary/aromatic N) is 1. The summed E-state index contributed by atoms with van der Waals surface area (Å²) in [5, 5.41) is 7.39. The Morgan fingerprint density at radius 1 is 1.28 bits per heavy atom. The second kappa shape index (κ2) is 5.27. The highest BCUT2D eigenvalue weighted by Gasteiger charge is 2.08. The monoisotopic (exact) mass is 245 g/mol. The molecule has 1 aromatic carbocycles. The predicted molar refractivity (Wildman–Crippen MR) is 66.0 cm³/mol. The van der Waals surface area contributed by atoms with Crippen LogP contribution < -0.4 is 10.5 Å². The molecule has 0 atom stereocenters. The molecule has 0 fully saturated rings. The quantitative estimate of drug-likeness (QED) is 0.640. The third-order valence-corrected chi connectivity index (χ3v) is 2.38. The Morgan fingerprint density at radius 2 is 2.06 bits per heavy atom. The summed E-state index contributed by atoms with van der Waals surface area (Å²) >= 11 is 0. The molecule has 0 unspecified atom stereocenters. The second-order valence-electron chi connectivity index (χ2n) is 3.65. The standard InChI is InChI=1S/C13H12FN3O/c14-11-6-2-1-4-9(11)8-18-13-10(12(15)16)5-3-7-17-13/h1-7H,8H2,(H3,15,16). The van der Waals surface area contributed by atoms with Crippen LogP contribution in [0.25, 0.3) is 0 Å². The summed E-state index contributed by atoms with van der Waals surface area (Å²) in [4.78, 5) is 3.98. The molecule has 0 aliphatic heterocycles. The van der Waals surface area contributed by atoms with E-state index < -0.39 is 0 Å². The van der Waals surface area contributed by atoms with Gasteiger partial charge in [0.1, 0.15) is 18.3 Å². The lowest BCUT2D eigenvalue weighted by atomic mass is 10.2. The van der Waals surface area contributed by atoms with E-state index in [-0.39, 0.29) is 24.1 Å². The largest absolute Gasteiger partial charge is 0.472 e. The first-order chi connectivity index (χ1) is 8.68. The molecule has 0 saturated heterocycles. The number of hydrogen-bond acceptors (Lipinski definition) is 3. The highest BCUT2D eigenvalue weighted by Crippen LogP contribution is 2.16. The van der Waals surface area contributed by atoms with Crippen molar-refractivity contribution >= 4 is 5.84 Å². The lowest BCUT2D eigenvalue weighted by Gasteiger charge is -2.09. The van der Waals surface area contributed by atoms with Gasteiger partial charge in [0.25, 0.3) is 0 Å². The summed E-state index contributed by atoms with van der Waals surface area (Å²) in [7, 11) is 0. The molecule has 2 aromatic rings. The third kappa shape index (κ3) is 2.63. The Bertz CT molecular complexity index is 572. The first kappa shape index (κ1) is 12.0. The van der Waals surface area contributed by atoms with Gasteiger partial charge >= 0.3 is 0 Å². The number of benzene rings is 1. The smallest absolute Gasteiger partial charge is 0.224 e. The van der Waals surface area contributed by atoms with Gasteiger partial charge in [0.05, 0.1) is 5.56 Å². The zero-order valence-corrected chi connectivity index (χ0v) is 9.56. The summed E-state index contributed by atoms with van der Waals surface area (Å²) in [6.45, 7) is 0.0456. The van der Waals surface area contributed by atoms with Gasteiger partial charge in [-0.1, -0.05) is 18.2 Å². The van der Waals surface area contributed by atoms with Gasteiger partial charge in [0, 0.05) is 11.8 Å². The number of nitrogens with two attached hydrogens (primary N) is 1. The van der Waals surface area contributed by atoms with Gasteiger partial charge in [0.15, 0.2) is 0 Å². The molecule has 3 N–H and O–H groups in total. The molecule has 1 heterocycles. The average Bonchev–Trinajstić information content (AvgIpc) is 2.38. The van der Waals surface area contributed by atoms with E-state index in [2.05, 4.69) is 4.98 Å². The number of amidine groups is 1. The van der Waals surface area contributed by atoms with E-state index in [4.69, 9.17) is 15.9 Å². The molecule has 4 nitrogen and oxygen atoms in total. The number of aromatic nitrogens is 1. The van der Waals surface area contributed by atoms with Gasteiger partial charge in [-0.05, 0) is 18.2 Å². The van der Waals surface area contributed by atoms with Crippen LogP contribution >= 0.6 is 0 Å². The molecule has 0 aliphatic carbocycles. The summed E-state index contributed by atoms with van der Waals surface area (Å²) in [5.74, 6) is -0.238. The zero-order chi connectivity index (χ0) is 13.0. The Hall–Kier alpha value is -2.43. The minimum atomic E-state index is -0.335. The Morgan fingerprint density at radius 3 is 2.78 bits per heavy atom. The van der Waals surface area contributed by atoms with Crippen LogP contribution in [-0.2, 0) is 6.61 Å². The SMILES string of the molecule is N=C(N)c1cccnc1OCc1ccccc1F. The summed E-state index contributed by atoms with van der Waals surface area (Å²) < 4.78 is 18.8. The van der Waals surface area contributed by atoms with E-state index >= 15 is 0 Å². The Labute approximate surface area is 104 Å². The number of nitrogen functional groups attached to an aromatic ring is 1. The lowest BCUT2D eigenvalue weighted by molar-refractivity contribution is 0.287. The predicted octanol–water partition coefficient (Wildman–Crippen LogP) is 2.08. The molecule has 18 heavy (non-hydrogen) atoms. The Kier molecular flexibility index (Phi) is 3.52. The van der Waals surface area contributed by atoms with Crippen molar-refractivity contribution in [2.24, 2.45) is 5.73 Å². The number of hydrogen-bond donors (Lipinski definition) is 2. The fraction of sp³-hybridized carbons (Fsp3) is 0.0769. The molecule has 0 bridgehead atoms. The van der Waals surface area contributed by atoms with Crippen LogP contribution in [0, 0.1) is 11.2 Å². The van der Waals surface area contributed by atoms with E-state index in [0.717, 1.165) is 0 Å². The molecule has 0 radical (unpaired) electrons. The van der Waals surface area contributed by atoms with Crippen LogP contribution in [-0.4, -0.2) is 10.8 Å². The van der Waals surface area contributed by atoms with Crippen LogP contribution in [0.3, 0.4) is 0 Å². The number of nitrogens with one attached hydrogen (secondary N) is 1. The van der Waals surface area contributed by atoms with E-state index in [1.807, 2.05) is 0 Å². The maximum absolute atomic E-state index is 13.4. The molecule has 0 spiro atoms. The third-order valence-electron chi connectivity index (χ3n) is 2.38. The normalized spacial score (nSPS) is 10.1. The van der Waals surface area contributed by atoms with E-state index in [0.29, 0.717) is 11.1 Å². The minimum Gasteiger partial charge on any atom is -0.472 e. The van der Waals surface area contributed by atoms with Crippen LogP contribution in [0.1, 0.15) is 11.1 Å². The van der Waals surface area contributed by atoms with Crippen molar-refractivity contribution in [3.63, 3.8) is 0 Å². The fourth-order valence-electron chi connectivity index (χ4n) is 1.47. The second-order valence-corrected chi connectivity index (χ2v) is 3.65. The van der Waals surface area contributed by atoms with Crippen molar-refractivity contribution in [1.82, 2.24) is 4.98 Å². The van der Waals surface area contributed by atoms with Crippen LogP contribution in [0.5, 0.6) is 5.88 Å². The number of pyridine rings is 1. The molecule has 5 heteroatoms. The van der Waals surface area contributed by atoms with Crippen LogP contribution in [0.15, 0.2) is 42.6 Å². The van der Waals surface area contributed by atoms with Gasteiger partial charge in [-0.15, -0.1) is 0 Å². The van der Waals surface area contributed by atoms with Crippen molar-refractivity contribution in [2.75, 3.05) is 0 Å². The number of rotatable bonds is 4. The van der Waals surface area contributed by atoms with Crippen LogP contribution in [0.4, 0.5) is 4.39 Å². The maximum atomic E-state index is 13.4. The molecule has 2 rings (SSSR count). The summed E-state index contributed by atoms with van der Waals surface area (Å²) in [6.07, 6.45) is 1.53. The molecule has 0 aliphatic rings. The minimum absolute atomic E-state index is 0.0456. The van der Waals surface area contributed by atoms with Crippen molar-refractivity contribution < 1.29 is 9.13 Å². The summed E-state index contributed by atoms with van der Waals surface area (Å²) in [5.41, 5.74) is 6.23. The molecular formula is C13H12FN3O. The van der Waals surface area contributed by atoms with Crippen LogP contribution in [0.2, 0.25) is 0 Å².